The fraction of sp³-hybridized carbons (Fsp3) is 0.417. The maximum Gasteiger partial charge on any atom is 0.114 e. The molecule has 74 valence electrons. The fourth-order valence-corrected chi connectivity index (χ4v) is 0.802. The second-order valence-corrected chi connectivity index (χ2v) is 2.48. The summed E-state index contributed by atoms with van der Waals surface area (Å²) in [6.07, 6.45) is 0.828. The molecule has 2 heteroatoms. The fourth-order valence-electron chi connectivity index (χ4n) is 0.802. The van der Waals surface area contributed by atoms with Crippen LogP contribution in [-0.4, -0.2) is 12.3 Å². The van der Waals surface area contributed by atoms with Crippen LogP contribution in [0.2, 0.25) is 0 Å². The Bertz CT molecular complexity index is 354. The van der Waals surface area contributed by atoms with Gasteiger partial charge in [-0.2, -0.15) is 0 Å². The van der Waals surface area contributed by atoms with E-state index < -0.39 is 0 Å². The predicted molar refractivity (Wildman–Crippen MR) is 58.2 cm³/mol. The maximum atomic E-state index is 4.94. The smallest absolute Gasteiger partial charge is 0.114 e. The molecule has 2 nitrogen and oxygen atoms in total. The summed E-state index contributed by atoms with van der Waals surface area (Å²) in [5.74, 6) is 0. The van der Waals surface area contributed by atoms with Gasteiger partial charge in [-0.05, 0) is 38.3 Å². The van der Waals surface area contributed by atoms with Gasteiger partial charge in [-0.25, -0.2) is 0 Å². The van der Waals surface area contributed by atoms with E-state index in [0.29, 0.717) is 6.61 Å². The van der Waals surface area contributed by atoms with E-state index in [-0.39, 0.29) is 0 Å². The van der Waals surface area contributed by atoms with Crippen LogP contribution in [-0.2, 0) is 4.84 Å². The minimum Gasteiger partial charge on any atom is -0.396 e. The summed E-state index contributed by atoms with van der Waals surface area (Å²) in [6.45, 7) is 9.73. The summed E-state index contributed by atoms with van der Waals surface area (Å²) in [5.41, 5.74) is 12.4. The molecule has 0 amide bonds. The Morgan fingerprint density at radius 2 is 2.07 bits per heavy atom. The maximum absolute atomic E-state index is 4.94. The highest BCUT2D eigenvalue weighted by molar-refractivity contribution is 5.97. The first-order valence-corrected chi connectivity index (χ1v) is 4.57. The van der Waals surface area contributed by atoms with Crippen molar-refractivity contribution in [2.45, 2.75) is 27.2 Å². The van der Waals surface area contributed by atoms with Crippen molar-refractivity contribution >= 4 is 5.71 Å². The summed E-state index contributed by atoms with van der Waals surface area (Å²) in [4.78, 5) is 4.94. The van der Waals surface area contributed by atoms with Gasteiger partial charge >= 0.3 is 0 Å². The van der Waals surface area contributed by atoms with Crippen LogP contribution in [0.25, 0.3) is 0 Å². The van der Waals surface area contributed by atoms with E-state index in [4.69, 9.17) is 4.84 Å². The van der Waals surface area contributed by atoms with Gasteiger partial charge in [0.1, 0.15) is 6.61 Å². The molecule has 0 atom stereocenters. The van der Waals surface area contributed by atoms with Crippen LogP contribution in [0.4, 0.5) is 0 Å². The number of hydrogen-bond donors (Lipinski definition) is 0. The van der Waals surface area contributed by atoms with E-state index in [2.05, 4.69) is 34.7 Å². The molecular weight excluding hydrogens is 174 g/mol. The van der Waals surface area contributed by atoms with E-state index in [1.54, 1.807) is 0 Å². The van der Waals surface area contributed by atoms with Crippen molar-refractivity contribution in [1.82, 2.24) is 0 Å². The molecule has 0 N–H and O–H groups in total. The predicted octanol–water partition coefficient (Wildman–Crippen LogP) is 2.99. The molecule has 0 spiro atoms. The molecule has 0 saturated heterocycles. The van der Waals surface area contributed by atoms with Crippen LogP contribution in [0, 0.1) is 0 Å². The zero-order valence-electron chi connectivity index (χ0n) is 8.98. The lowest BCUT2D eigenvalue weighted by atomic mass is 10.1. The molecule has 0 aromatic heterocycles. The molecule has 0 aliphatic heterocycles. The van der Waals surface area contributed by atoms with E-state index in [1.807, 2.05) is 20.8 Å². The monoisotopic (exact) mass is 189 g/mol. The standard InChI is InChI=1S/C12H15NO/c1-5-8-9-10-12(6-2)11(4)13-14-7-3/h1,6-7H2,2-4H3/b13-11-. The largest absolute Gasteiger partial charge is 0.396 e. The van der Waals surface area contributed by atoms with E-state index in [1.165, 1.54) is 0 Å². The highest BCUT2D eigenvalue weighted by Gasteiger charge is 1.97. The Labute approximate surface area is 85.3 Å². The van der Waals surface area contributed by atoms with Crippen molar-refractivity contribution in [3.05, 3.63) is 35.1 Å². The summed E-state index contributed by atoms with van der Waals surface area (Å²) >= 11 is 0. The Balaban J connectivity index is 5.00. The highest BCUT2D eigenvalue weighted by Crippen LogP contribution is 2.01. The number of oxime groups is 1. The van der Waals surface area contributed by atoms with Crippen molar-refractivity contribution in [2.75, 3.05) is 6.61 Å². The summed E-state index contributed by atoms with van der Waals surface area (Å²) in [7, 11) is 0. The Morgan fingerprint density at radius 1 is 1.36 bits per heavy atom. The first kappa shape index (κ1) is 12.3. The number of allylic oxidation sites excluding steroid dienone is 1. The van der Waals surface area contributed by atoms with Crippen LogP contribution in [0.15, 0.2) is 40.2 Å². The van der Waals surface area contributed by atoms with Gasteiger partial charge in [0, 0.05) is 5.57 Å². The van der Waals surface area contributed by atoms with Gasteiger partial charge in [0.05, 0.1) is 5.71 Å². The van der Waals surface area contributed by atoms with Gasteiger partial charge < -0.3 is 4.84 Å². The third-order valence-electron chi connectivity index (χ3n) is 1.49. The highest BCUT2D eigenvalue weighted by atomic mass is 16.6. The van der Waals surface area contributed by atoms with Crippen molar-refractivity contribution < 1.29 is 4.84 Å². The quantitative estimate of drug-likeness (QED) is 0.378. The first-order chi connectivity index (χ1) is 6.76. The molecule has 0 fully saturated rings. The van der Waals surface area contributed by atoms with Crippen molar-refractivity contribution in [1.29, 1.82) is 0 Å². The summed E-state index contributed by atoms with van der Waals surface area (Å²) < 4.78 is 0. The molecule has 0 unspecified atom stereocenters. The lowest BCUT2D eigenvalue weighted by Crippen LogP contribution is -1.96. The second-order valence-electron chi connectivity index (χ2n) is 2.48. The minimum absolute atomic E-state index is 0.570. The van der Waals surface area contributed by atoms with Crippen molar-refractivity contribution in [3.8, 4) is 0 Å². The molecular formula is C12H15NO. The van der Waals surface area contributed by atoms with Gasteiger partial charge in [-0.15, -0.1) is 0 Å². The van der Waals surface area contributed by atoms with Gasteiger partial charge in [-0.1, -0.05) is 23.5 Å². The topological polar surface area (TPSA) is 21.6 Å². The molecule has 0 bridgehead atoms. The average molecular weight is 189 g/mol. The van der Waals surface area contributed by atoms with Gasteiger partial charge in [0.2, 0.25) is 0 Å². The zero-order valence-corrected chi connectivity index (χ0v) is 8.98. The third kappa shape index (κ3) is 5.06. The van der Waals surface area contributed by atoms with Crippen LogP contribution >= 0.6 is 0 Å². The third-order valence-corrected chi connectivity index (χ3v) is 1.49. The molecule has 0 heterocycles. The molecule has 0 aromatic carbocycles. The normalized spacial score (nSPS) is 9.21. The lowest BCUT2D eigenvalue weighted by Gasteiger charge is -1.99. The van der Waals surface area contributed by atoms with Crippen LogP contribution < -0.4 is 0 Å². The minimum atomic E-state index is 0.570. The molecule has 14 heavy (non-hydrogen) atoms. The molecule has 0 aliphatic carbocycles. The molecule has 0 saturated carbocycles. The molecule has 0 radical (unpaired) electrons. The van der Waals surface area contributed by atoms with E-state index in [0.717, 1.165) is 17.7 Å². The zero-order chi connectivity index (χ0) is 10.8. The number of hydrogen-bond acceptors (Lipinski definition) is 2. The van der Waals surface area contributed by atoms with Crippen LogP contribution in [0.1, 0.15) is 27.2 Å². The summed E-state index contributed by atoms with van der Waals surface area (Å²) in [5, 5.41) is 3.91. The van der Waals surface area contributed by atoms with Gasteiger partial charge in [-0.3, -0.25) is 0 Å². The first-order valence-electron chi connectivity index (χ1n) is 4.57. The Hall–Kier alpha value is -1.67. The Morgan fingerprint density at radius 3 is 2.57 bits per heavy atom. The van der Waals surface area contributed by atoms with Gasteiger partial charge in [0.15, 0.2) is 0 Å². The summed E-state index contributed by atoms with van der Waals surface area (Å²) in [6, 6.07) is 0. The van der Waals surface area contributed by atoms with Gasteiger partial charge in [0.25, 0.3) is 0 Å². The second kappa shape index (κ2) is 7.95. The van der Waals surface area contributed by atoms with E-state index >= 15 is 0 Å². The SMILES string of the molecule is C=C=C=C=C=C(CC)/C(C)=N\OCC. The molecule has 0 rings (SSSR count). The number of rotatable bonds is 4. The van der Waals surface area contributed by atoms with Crippen molar-refractivity contribution in [3.63, 3.8) is 0 Å². The number of nitrogens with zero attached hydrogens (tertiary/aromatic N) is 1. The average Bonchev–Trinajstić information content (AvgIpc) is 2.21. The van der Waals surface area contributed by atoms with E-state index in [9.17, 15) is 0 Å². The van der Waals surface area contributed by atoms with Crippen molar-refractivity contribution in [2.24, 2.45) is 5.16 Å². The Kier molecular flexibility index (Phi) is 7.00. The van der Waals surface area contributed by atoms with Crippen LogP contribution in [0.3, 0.4) is 0 Å². The lowest BCUT2D eigenvalue weighted by molar-refractivity contribution is 0.158. The van der Waals surface area contributed by atoms with Crippen LogP contribution in [0.5, 0.6) is 0 Å². The molecule has 0 aliphatic rings. The molecule has 0 aromatic rings.